The fourth-order valence-corrected chi connectivity index (χ4v) is 7.43. The minimum Gasteiger partial charge on any atom is -0.380 e. The van der Waals surface area contributed by atoms with Crippen LogP contribution in [0.1, 0.15) is 63.4 Å². The van der Waals surface area contributed by atoms with Crippen LogP contribution in [0.25, 0.3) is 0 Å². The molecule has 5 rings (SSSR count). The molecule has 0 amide bonds. The molecule has 178 valence electrons. The van der Waals surface area contributed by atoms with Crippen LogP contribution in [0, 0.1) is 17.3 Å². The Bertz CT molecular complexity index is 1040. The number of halogens is 3. The molecule has 0 spiro atoms. The number of alkyl halides is 3. The van der Waals surface area contributed by atoms with E-state index < -0.39 is 17.2 Å². The van der Waals surface area contributed by atoms with Crippen LogP contribution in [-0.2, 0) is 4.79 Å². The molecule has 0 aromatic heterocycles. The summed E-state index contributed by atoms with van der Waals surface area (Å²) in [6.45, 7) is 1.68. The number of aliphatic hydroxyl groups is 1. The lowest BCUT2D eigenvalue weighted by Gasteiger charge is -2.55. The normalized spacial score (nSPS) is 36.2. The van der Waals surface area contributed by atoms with Crippen molar-refractivity contribution in [1.29, 1.82) is 0 Å². The molecule has 0 bridgehead atoms. The number of carbonyl (C=O) groups excluding carboxylic acids is 1. The minimum absolute atomic E-state index is 0.0130. The van der Waals surface area contributed by atoms with Crippen LogP contribution in [0.3, 0.4) is 0 Å². The number of rotatable bonds is 2. The van der Waals surface area contributed by atoms with Crippen molar-refractivity contribution in [1.82, 2.24) is 0 Å². The van der Waals surface area contributed by atoms with E-state index >= 15 is 0 Å². The molecule has 0 unspecified atom stereocenters. The molecule has 1 aromatic rings. The SMILES string of the molecule is CN(C)c1ccc([C@H]2C[C@@]3(C)[C@@H](CC[C@@]3(O)C(F)(F)F)[C@@H]3CCC4=CC(=O)CCC4=C32)cc1. The summed E-state index contributed by atoms with van der Waals surface area (Å²) >= 11 is 0. The van der Waals surface area contributed by atoms with Crippen molar-refractivity contribution in [3.8, 4) is 0 Å². The minimum atomic E-state index is -4.66. The maximum Gasteiger partial charge on any atom is 0.417 e. The molecule has 0 aliphatic heterocycles. The molecule has 2 saturated carbocycles. The fraction of sp³-hybridized carbons (Fsp3) is 0.593. The second-order valence-corrected chi connectivity index (χ2v) is 10.9. The van der Waals surface area contributed by atoms with Crippen molar-refractivity contribution in [3.05, 3.63) is 52.6 Å². The Balaban J connectivity index is 1.67. The van der Waals surface area contributed by atoms with Crippen LogP contribution in [0.15, 0.2) is 47.1 Å². The molecule has 4 aliphatic carbocycles. The predicted molar refractivity (Wildman–Crippen MR) is 122 cm³/mol. The highest BCUT2D eigenvalue weighted by atomic mass is 19.4. The van der Waals surface area contributed by atoms with Crippen molar-refractivity contribution in [3.63, 3.8) is 0 Å². The highest BCUT2D eigenvalue weighted by molar-refractivity contribution is 5.93. The van der Waals surface area contributed by atoms with Gasteiger partial charge in [0.05, 0.1) is 0 Å². The van der Waals surface area contributed by atoms with E-state index in [9.17, 15) is 23.1 Å². The molecule has 0 radical (unpaired) electrons. The standard InChI is InChI=1S/C27H32F3NO2/c1-25-15-22(16-4-7-18(8-5-16)31(2)3)24-20-11-9-19(32)14-17(20)6-10-21(24)23(25)12-13-26(25,33)27(28,29)30/h4-5,7-8,14,21-23,33H,6,9-13,15H2,1-3H3/t21-,22+,23-,25-,26-/m0/s1. The molecule has 0 heterocycles. The predicted octanol–water partition coefficient (Wildman–Crippen LogP) is 5.95. The van der Waals surface area contributed by atoms with Gasteiger partial charge in [0, 0.05) is 37.5 Å². The van der Waals surface area contributed by atoms with Gasteiger partial charge in [0.1, 0.15) is 0 Å². The van der Waals surface area contributed by atoms with Gasteiger partial charge in [0.15, 0.2) is 11.4 Å². The Hall–Kier alpha value is -2.08. The maximum absolute atomic E-state index is 14.3. The second-order valence-electron chi connectivity index (χ2n) is 10.9. The fourth-order valence-electron chi connectivity index (χ4n) is 7.43. The Labute approximate surface area is 193 Å². The molecule has 2 fully saturated rings. The second kappa shape index (κ2) is 7.46. The quantitative estimate of drug-likeness (QED) is 0.595. The highest BCUT2D eigenvalue weighted by Crippen LogP contribution is 2.69. The van der Waals surface area contributed by atoms with Gasteiger partial charge < -0.3 is 10.0 Å². The smallest absolute Gasteiger partial charge is 0.380 e. The highest BCUT2D eigenvalue weighted by Gasteiger charge is 2.72. The van der Waals surface area contributed by atoms with E-state index in [4.69, 9.17) is 0 Å². The van der Waals surface area contributed by atoms with E-state index in [1.807, 2.05) is 43.3 Å². The summed E-state index contributed by atoms with van der Waals surface area (Å²) in [6.07, 6.45) is 0.163. The molecule has 5 atom stereocenters. The maximum atomic E-state index is 14.3. The lowest BCUT2D eigenvalue weighted by molar-refractivity contribution is -0.299. The largest absolute Gasteiger partial charge is 0.417 e. The lowest BCUT2D eigenvalue weighted by atomic mass is 9.51. The van der Waals surface area contributed by atoms with Gasteiger partial charge in [-0.1, -0.05) is 24.6 Å². The van der Waals surface area contributed by atoms with Gasteiger partial charge in [-0.05, 0) is 85.3 Å². The van der Waals surface area contributed by atoms with Crippen LogP contribution < -0.4 is 4.90 Å². The summed E-state index contributed by atoms with van der Waals surface area (Å²) in [4.78, 5) is 14.1. The van der Waals surface area contributed by atoms with E-state index in [1.54, 1.807) is 13.0 Å². The number of anilines is 1. The Kier molecular flexibility index (Phi) is 5.13. The number of fused-ring (bicyclic) bond motifs is 4. The van der Waals surface area contributed by atoms with Gasteiger partial charge in [-0.25, -0.2) is 0 Å². The van der Waals surface area contributed by atoms with Gasteiger partial charge in [0.2, 0.25) is 0 Å². The summed E-state index contributed by atoms with van der Waals surface area (Å²) in [5, 5.41) is 11.1. The number of hydrogen-bond acceptors (Lipinski definition) is 3. The average molecular weight is 460 g/mol. The van der Waals surface area contributed by atoms with E-state index in [0.29, 0.717) is 19.3 Å². The number of nitrogens with zero attached hydrogens (tertiary/aromatic N) is 1. The van der Waals surface area contributed by atoms with Gasteiger partial charge in [0.25, 0.3) is 0 Å². The van der Waals surface area contributed by atoms with Crippen LogP contribution in [0.4, 0.5) is 18.9 Å². The molecule has 3 nitrogen and oxygen atoms in total. The summed E-state index contributed by atoms with van der Waals surface area (Å²) in [7, 11) is 3.92. The van der Waals surface area contributed by atoms with Crippen molar-refractivity contribution in [2.45, 2.75) is 69.6 Å². The molecular weight excluding hydrogens is 427 g/mol. The number of ketones is 1. The van der Waals surface area contributed by atoms with Crippen LogP contribution in [0.5, 0.6) is 0 Å². The summed E-state index contributed by atoms with van der Waals surface area (Å²) in [6, 6.07) is 8.08. The molecule has 33 heavy (non-hydrogen) atoms. The van der Waals surface area contributed by atoms with Crippen LogP contribution >= 0.6 is 0 Å². The van der Waals surface area contributed by atoms with Gasteiger partial charge in [-0.2, -0.15) is 13.2 Å². The zero-order chi connectivity index (χ0) is 23.8. The van der Waals surface area contributed by atoms with Crippen LogP contribution in [0.2, 0.25) is 0 Å². The van der Waals surface area contributed by atoms with E-state index in [-0.39, 0.29) is 36.4 Å². The van der Waals surface area contributed by atoms with Crippen molar-refractivity contribution in [2.75, 3.05) is 19.0 Å². The lowest BCUT2D eigenvalue weighted by Crippen LogP contribution is -2.58. The summed E-state index contributed by atoms with van der Waals surface area (Å²) < 4.78 is 42.8. The van der Waals surface area contributed by atoms with Crippen molar-refractivity contribution in [2.24, 2.45) is 17.3 Å². The van der Waals surface area contributed by atoms with E-state index in [1.165, 1.54) is 11.1 Å². The monoisotopic (exact) mass is 459 g/mol. The first kappa shape index (κ1) is 22.7. The zero-order valence-electron chi connectivity index (χ0n) is 19.5. The molecule has 4 aliphatic rings. The van der Waals surface area contributed by atoms with Crippen molar-refractivity contribution >= 4 is 11.5 Å². The topological polar surface area (TPSA) is 40.5 Å². The number of hydrogen-bond donors (Lipinski definition) is 1. The first-order valence-electron chi connectivity index (χ1n) is 12.0. The molecule has 1 N–H and O–H groups in total. The molecule has 0 saturated heterocycles. The Morgan fingerprint density at radius 2 is 1.76 bits per heavy atom. The third kappa shape index (κ3) is 3.23. The van der Waals surface area contributed by atoms with Gasteiger partial charge in [-0.3, -0.25) is 4.79 Å². The Morgan fingerprint density at radius 1 is 1.06 bits per heavy atom. The molecule has 1 aromatic carbocycles. The third-order valence-electron chi connectivity index (χ3n) is 9.17. The Morgan fingerprint density at radius 3 is 2.39 bits per heavy atom. The van der Waals surface area contributed by atoms with Crippen molar-refractivity contribution < 1.29 is 23.1 Å². The number of benzene rings is 1. The number of allylic oxidation sites excluding steroid dienone is 4. The third-order valence-corrected chi connectivity index (χ3v) is 9.17. The zero-order valence-corrected chi connectivity index (χ0v) is 19.5. The molecule has 6 heteroatoms. The van der Waals surface area contributed by atoms with Gasteiger partial charge in [-0.15, -0.1) is 0 Å². The first-order valence-corrected chi connectivity index (χ1v) is 12.0. The first-order chi connectivity index (χ1) is 15.5. The van der Waals surface area contributed by atoms with Gasteiger partial charge >= 0.3 is 6.18 Å². The summed E-state index contributed by atoms with van der Waals surface area (Å²) in [5.74, 6) is -0.235. The van der Waals surface area contributed by atoms with Crippen LogP contribution in [-0.4, -0.2) is 36.8 Å². The average Bonchev–Trinajstić information content (AvgIpc) is 3.04. The number of carbonyl (C=O) groups is 1. The summed E-state index contributed by atoms with van der Waals surface area (Å²) in [5.41, 5.74) is 1.66. The van der Waals surface area contributed by atoms with E-state index in [2.05, 4.69) is 0 Å². The molecular formula is C27H32F3NO2. The van der Waals surface area contributed by atoms with E-state index in [0.717, 1.165) is 29.7 Å².